The summed E-state index contributed by atoms with van der Waals surface area (Å²) < 4.78 is 10.7. The first-order valence-corrected chi connectivity index (χ1v) is 12.1. The van der Waals surface area contributed by atoms with Crippen LogP contribution < -0.4 is 19.7 Å². The van der Waals surface area contributed by atoms with Crippen LogP contribution >= 0.6 is 11.8 Å². The molecule has 2 atom stereocenters. The number of nitrogens with one attached hydrogen (secondary N) is 1. The number of rotatable bonds is 5. The predicted octanol–water partition coefficient (Wildman–Crippen LogP) is 5.12. The number of hydrogen-bond acceptors (Lipinski definition) is 5. The molecule has 0 aromatic heterocycles. The summed E-state index contributed by atoms with van der Waals surface area (Å²) in [5, 5.41) is 3.20. The molecule has 6 nitrogen and oxygen atoms in total. The Morgan fingerprint density at radius 2 is 1.85 bits per heavy atom. The lowest BCUT2D eigenvalue weighted by atomic mass is 9.86. The lowest BCUT2D eigenvalue weighted by molar-refractivity contribution is -0.114. The maximum absolute atomic E-state index is 13.1. The standard InChI is InChI=1S/C26H30N2O4S/c1-16-7-5-6-8-19(16)27-25(29)18-10-12-23-20(15-18)28(2)26(30)24(33-23)14-17-9-11-21(31-3)22(13-17)32-4/h9-16,19H,5-8H2,1-4H3,(H,27,29)/b24-14-/t16-,19+/m1/s1. The van der Waals surface area contributed by atoms with Gasteiger partial charge in [-0.3, -0.25) is 9.59 Å². The molecular weight excluding hydrogens is 436 g/mol. The number of anilines is 1. The van der Waals surface area contributed by atoms with Gasteiger partial charge >= 0.3 is 0 Å². The molecule has 1 fully saturated rings. The summed E-state index contributed by atoms with van der Waals surface area (Å²) in [6.07, 6.45) is 6.41. The fourth-order valence-electron chi connectivity index (χ4n) is 4.41. The zero-order valence-electron chi connectivity index (χ0n) is 19.5. The molecule has 2 aliphatic rings. The number of likely N-dealkylation sites (N-methyl/N-ethyl adjacent to an activating group) is 1. The molecule has 2 aromatic carbocycles. The van der Waals surface area contributed by atoms with Gasteiger partial charge in [-0.1, -0.05) is 37.6 Å². The van der Waals surface area contributed by atoms with Gasteiger partial charge in [0, 0.05) is 23.5 Å². The molecule has 2 amide bonds. The van der Waals surface area contributed by atoms with Crippen molar-refractivity contribution in [1.29, 1.82) is 0 Å². The van der Waals surface area contributed by atoms with E-state index in [0.717, 1.165) is 35.4 Å². The van der Waals surface area contributed by atoms with Gasteiger partial charge in [-0.05, 0) is 60.7 Å². The quantitative estimate of drug-likeness (QED) is 0.620. The summed E-state index contributed by atoms with van der Waals surface area (Å²) in [6, 6.07) is 11.3. The topological polar surface area (TPSA) is 67.9 Å². The molecule has 1 heterocycles. The fourth-order valence-corrected chi connectivity index (χ4v) is 5.50. The van der Waals surface area contributed by atoms with Crippen molar-refractivity contribution in [2.24, 2.45) is 5.92 Å². The van der Waals surface area contributed by atoms with Crippen LogP contribution in [-0.2, 0) is 4.79 Å². The van der Waals surface area contributed by atoms with Gasteiger partial charge in [0.15, 0.2) is 11.5 Å². The van der Waals surface area contributed by atoms with Gasteiger partial charge in [-0.2, -0.15) is 0 Å². The van der Waals surface area contributed by atoms with Gasteiger partial charge in [0.05, 0.1) is 24.8 Å². The first-order chi connectivity index (χ1) is 15.9. The van der Waals surface area contributed by atoms with E-state index in [1.165, 1.54) is 18.2 Å². The second kappa shape index (κ2) is 9.91. The lowest BCUT2D eigenvalue weighted by Gasteiger charge is -2.30. The third-order valence-electron chi connectivity index (χ3n) is 6.45. The lowest BCUT2D eigenvalue weighted by Crippen LogP contribution is -2.41. The number of nitrogens with zero attached hydrogens (tertiary/aromatic N) is 1. The first-order valence-electron chi connectivity index (χ1n) is 11.3. The number of fused-ring (bicyclic) bond motifs is 1. The highest BCUT2D eigenvalue weighted by atomic mass is 32.2. The van der Waals surface area contributed by atoms with Gasteiger partial charge in [0.25, 0.3) is 11.8 Å². The number of thioether (sulfide) groups is 1. The third-order valence-corrected chi connectivity index (χ3v) is 7.53. The van der Waals surface area contributed by atoms with Crippen LogP contribution in [0.25, 0.3) is 6.08 Å². The number of methoxy groups -OCH3 is 2. The summed E-state index contributed by atoms with van der Waals surface area (Å²) in [4.78, 5) is 29.1. The Labute approximate surface area is 199 Å². The molecule has 2 aromatic rings. The minimum absolute atomic E-state index is 0.0749. The number of carbonyl (C=O) groups excluding carboxylic acids is 2. The normalized spacial score (nSPS) is 21.5. The second-order valence-corrected chi connectivity index (χ2v) is 9.70. The molecule has 1 aliphatic carbocycles. The van der Waals surface area contributed by atoms with E-state index in [4.69, 9.17) is 9.47 Å². The van der Waals surface area contributed by atoms with Crippen LogP contribution in [0.3, 0.4) is 0 Å². The minimum atomic E-state index is -0.110. The third kappa shape index (κ3) is 4.88. The molecule has 4 rings (SSSR count). The van der Waals surface area contributed by atoms with Crippen LogP contribution in [0, 0.1) is 5.92 Å². The largest absolute Gasteiger partial charge is 0.493 e. The van der Waals surface area contributed by atoms with Crippen molar-refractivity contribution in [3.8, 4) is 11.5 Å². The zero-order valence-corrected chi connectivity index (χ0v) is 20.3. The molecule has 0 saturated heterocycles. The van der Waals surface area contributed by atoms with Crippen LogP contribution in [0.2, 0.25) is 0 Å². The number of hydrogen-bond donors (Lipinski definition) is 1. The summed E-state index contributed by atoms with van der Waals surface area (Å²) in [6.45, 7) is 2.20. The van der Waals surface area contributed by atoms with Crippen LogP contribution in [-0.4, -0.2) is 39.1 Å². The summed E-state index contributed by atoms with van der Waals surface area (Å²) >= 11 is 1.41. The van der Waals surface area contributed by atoms with Crippen molar-refractivity contribution >= 4 is 35.3 Å². The maximum atomic E-state index is 13.1. The highest BCUT2D eigenvalue weighted by molar-refractivity contribution is 8.04. The molecule has 1 aliphatic heterocycles. The van der Waals surface area contributed by atoms with Crippen molar-refractivity contribution in [2.75, 3.05) is 26.2 Å². The summed E-state index contributed by atoms with van der Waals surface area (Å²) in [5.74, 6) is 1.55. The monoisotopic (exact) mass is 466 g/mol. The van der Waals surface area contributed by atoms with Gasteiger partial charge in [0.2, 0.25) is 0 Å². The number of amides is 2. The van der Waals surface area contributed by atoms with E-state index in [1.807, 2.05) is 42.5 Å². The molecule has 0 bridgehead atoms. The molecular formula is C26H30N2O4S. The highest BCUT2D eigenvalue weighted by Gasteiger charge is 2.28. The average molecular weight is 467 g/mol. The van der Waals surface area contributed by atoms with Gasteiger partial charge in [0.1, 0.15) is 0 Å². The van der Waals surface area contributed by atoms with E-state index in [0.29, 0.717) is 27.9 Å². The van der Waals surface area contributed by atoms with Crippen LogP contribution in [0.1, 0.15) is 48.5 Å². The van der Waals surface area contributed by atoms with Crippen molar-refractivity contribution in [1.82, 2.24) is 5.32 Å². The summed E-state index contributed by atoms with van der Waals surface area (Å²) in [5.41, 5.74) is 2.18. The van der Waals surface area contributed by atoms with Crippen molar-refractivity contribution in [3.05, 3.63) is 52.4 Å². The fraction of sp³-hybridized carbons (Fsp3) is 0.385. The molecule has 0 unspecified atom stereocenters. The summed E-state index contributed by atoms with van der Waals surface area (Å²) in [7, 11) is 4.92. The van der Waals surface area contributed by atoms with Gasteiger partial charge in [-0.25, -0.2) is 0 Å². The highest BCUT2D eigenvalue weighted by Crippen LogP contribution is 2.42. The molecule has 7 heteroatoms. The van der Waals surface area contributed by atoms with Gasteiger partial charge < -0.3 is 19.7 Å². The number of benzene rings is 2. The molecule has 174 valence electrons. The molecule has 0 spiro atoms. The zero-order chi connectivity index (χ0) is 23.5. The molecule has 1 N–H and O–H groups in total. The van der Waals surface area contributed by atoms with Gasteiger partial charge in [-0.15, -0.1) is 0 Å². The molecule has 1 saturated carbocycles. The molecule has 0 radical (unpaired) electrons. The van der Waals surface area contributed by atoms with Crippen molar-refractivity contribution in [3.63, 3.8) is 0 Å². The second-order valence-electron chi connectivity index (χ2n) is 8.61. The Bertz CT molecular complexity index is 1100. The maximum Gasteiger partial charge on any atom is 0.264 e. The Balaban J connectivity index is 1.56. The van der Waals surface area contributed by atoms with Crippen molar-refractivity contribution in [2.45, 2.75) is 43.5 Å². The Kier molecular flexibility index (Phi) is 6.98. The minimum Gasteiger partial charge on any atom is -0.493 e. The Morgan fingerprint density at radius 1 is 1.09 bits per heavy atom. The first kappa shape index (κ1) is 23.2. The Morgan fingerprint density at radius 3 is 2.58 bits per heavy atom. The van der Waals surface area contributed by atoms with E-state index in [1.54, 1.807) is 26.2 Å². The molecule has 33 heavy (non-hydrogen) atoms. The number of carbonyl (C=O) groups is 2. The Hall–Kier alpha value is -2.93. The van der Waals surface area contributed by atoms with E-state index < -0.39 is 0 Å². The van der Waals surface area contributed by atoms with E-state index in [-0.39, 0.29) is 17.9 Å². The average Bonchev–Trinajstić information content (AvgIpc) is 2.83. The number of ether oxygens (including phenoxy) is 2. The van der Waals surface area contributed by atoms with E-state index in [2.05, 4.69) is 12.2 Å². The van der Waals surface area contributed by atoms with Crippen LogP contribution in [0.15, 0.2) is 46.2 Å². The van der Waals surface area contributed by atoms with E-state index >= 15 is 0 Å². The van der Waals surface area contributed by atoms with Crippen LogP contribution in [0.4, 0.5) is 5.69 Å². The van der Waals surface area contributed by atoms with Crippen LogP contribution in [0.5, 0.6) is 11.5 Å². The smallest absolute Gasteiger partial charge is 0.264 e. The predicted molar refractivity (Wildman–Crippen MR) is 132 cm³/mol. The SMILES string of the molecule is COc1ccc(/C=C2\Sc3ccc(C(=O)N[C@H]4CCCC[C@H]4C)cc3N(C)C2=O)cc1OC. The van der Waals surface area contributed by atoms with Crippen molar-refractivity contribution < 1.29 is 19.1 Å². The van der Waals surface area contributed by atoms with E-state index in [9.17, 15) is 9.59 Å².